The van der Waals surface area contributed by atoms with Gasteiger partial charge in [-0.15, -0.1) is 0 Å². The fraction of sp³-hybridized carbons (Fsp3) is 0.500. The Morgan fingerprint density at radius 2 is 1.90 bits per heavy atom. The maximum absolute atomic E-state index is 11.8. The Kier molecular flexibility index (Phi) is 5.06. The monoisotopic (exact) mass is 278 g/mol. The van der Waals surface area contributed by atoms with Crippen LogP contribution in [0.5, 0.6) is 5.75 Å². The first kappa shape index (κ1) is 14.5. The van der Waals surface area contributed by atoms with Crippen molar-refractivity contribution >= 4 is 11.7 Å². The van der Waals surface area contributed by atoms with Gasteiger partial charge in [-0.2, -0.15) is 0 Å². The topological polar surface area (TPSA) is 70.8 Å². The third kappa shape index (κ3) is 3.54. The van der Waals surface area contributed by atoms with E-state index in [1.165, 1.54) is 0 Å². The average molecular weight is 278 g/mol. The molecule has 2 rings (SSSR count). The normalized spacial score (nSPS) is 15.1. The number of methoxy groups -OCH3 is 1. The molecule has 3 N–H and O–H groups in total. The van der Waals surface area contributed by atoms with Crippen molar-refractivity contribution in [3.05, 3.63) is 24.3 Å². The zero-order chi connectivity index (χ0) is 14.4. The second-order valence-electron chi connectivity index (χ2n) is 4.69. The van der Waals surface area contributed by atoms with Crippen LogP contribution in [0.4, 0.5) is 10.5 Å². The van der Waals surface area contributed by atoms with Gasteiger partial charge in [0.15, 0.2) is 0 Å². The Morgan fingerprint density at radius 3 is 2.45 bits per heavy atom. The summed E-state index contributed by atoms with van der Waals surface area (Å²) in [4.78, 5) is 15.9. The molecule has 0 aromatic heterocycles. The van der Waals surface area contributed by atoms with Crippen LogP contribution in [-0.4, -0.2) is 57.3 Å². The number of hydrogen-bond donors (Lipinski definition) is 2. The van der Waals surface area contributed by atoms with Crippen LogP contribution in [0.2, 0.25) is 0 Å². The largest absolute Gasteiger partial charge is 0.497 e. The molecule has 110 valence electrons. The number of amides is 2. The molecular weight excluding hydrogens is 256 g/mol. The van der Waals surface area contributed by atoms with E-state index in [1.54, 1.807) is 7.11 Å². The molecule has 20 heavy (non-hydrogen) atoms. The van der Waals surface area contributed by atoms with E-state index in [1.807, 2.05) is 29.2 Å². The molecule has 0 saturated carbocycles. The molecule has 1 heterocycles. The molecule has 0 unspecified atom stereocenters. The molecular formula is C14H22N4O2. The number of anilines is 1. The molecule has 1 aliphatic heterocycles. The number of carbonyl (C=O) groups excluding carboxylic acids is 1. The van der Waals surface area contributed by atoms with Crippen LogP contribution in [0.15, 0.2) is 24.3 Å². The number of rotatable bonds is 4. The van der Waals surface area contributed by atoms with Crippen molar-refractivity contribution in [2.24, 2.45) is 5.73 Å². The number of piperazine rings is 1. The summed E-state index contributed by atoms with van der Waals surface area (Å²) < 4.78 is 5.15. The Labute approximate surface area is 119 Å². The first-order valence-corrected chi connectivity index (χ1v) is 6.86. The van der Waals surface area contributed by atoms with Gasteiger partial charge in [0.05, 0.1) is 7.11 Å². The van der Waals surface area contributed by atoms with E-state index in [0.717, 1.165) is 37.6 Å². The van der Waals surface area contributed by atoms with Crippen LogP contribution in [0.1, 0.15) is 0 Å². The second kappa shape index (κ2) is 7.00. The number of ether oxygens (including phenoxy) is 1. The predicted octanol–water partition coefficient (Wildman–Crippen LogP) is 0.486. The van der Waals surface area contributed by atoms with E-state index in [-0.39, 0.29) is 6.03 Å². The van der Waals surface area contributed by atoms with Crippen LogP contribution in [0.3, 0.4) is 0 Å². The SMILES string of the molecule is COc1ccc(N2CCN(C(=O)NCCN)CC2)cc1. The highest BCUT2D eigenvalue weighted by Gasteiger charge is 2.20. The van der Waals surface area contributed by atoms with Gasteiger partial charge in [-0.05, 0) is 24.3 Å². The fourth-order valence-electron chi connectivity index (χ4n) is 2.25. The summed E-state index contributed by atoms with van der Waals surface area (Å²) in [5.41, 5.74) is 6.54. The van der Waals surface area contributed by atoms with Crippen LogP contribution in [0, 0.1) is 0 Å². The lowest BCUT2D eigenvalue weighted by Gasteiger charge is -2.36. The second-order valence-corrected chi connectivity index (χ2v) is 4.69. The van der Waals surface area contributed by atoms with Crippen LogP contribution >= 0.6 is 0 Å². The summed E-state index contributed by atoms with van der Waals surface area (Å²) in [6.45, 7) is 4.12. The summed E-state index contributed by atoms with van der Waals surface area (Å²) >= 11 is 0. The van der Waals surface area contributed by atoms with E-state index in [0.29, 0.717) is 13.1 Å². The highest BCUT2D eigenvalue weighted by molar-refractivity contribution is 5.74. The first-order chi connectivity index (χ1) is 9.74. The van der Waals surface area contributed by atoms with Gasteiger partial charge in [-0.25, -0.2) is 4.79 Å². The summed E-state index contributed by atoms with van der Waals surface area (Å²) in [5, 5.41) is 2.80. The third-order valence-electron chi connectivity index (χ3n) is 3.43. The molecule has 0 bridgehead atoms. The molecule has 1 aromatic carbocycles. The highest BCUT2D eigenvalue weighted by atomic mass is 16.5. The minimum absolute atomic E-state index is 0.0233. The number of nitrogens with one attached hydrogen (secondary N) is 1. The average Bonchev–Trinajstić information content (AvgIpc) is 2.53. The van der Waals surface area contributed by atoms with Crippen molar-refractivity contribution in [3.63, 3.8) is 0 Å². The van der Waals surface area contributed by atoms with Crippen molar-refractivity contribution in [3.8, 4) is 5.75 Å². The Hall–Kier alpha value is -1.95. The van der Waals surface area contributed by atoms with Crippen LogP contribution in [-0.2, 0) is 0 Å². The Balaban J connectivity index is 1.85. The van der Waals surface area contributed by atoms with Gasteiger partial charge in [0.2, 0.25) is 0 Å². The minimum atomic E-state index is -0.0233. The number of nitrogens with two attached hydrogens (primary N) is 1. The van der Waals surface area contributed by atoms with Gasteiger partial charge < -0.3 is 25.6 Å². The molecule has 2 amide bonds. The molecule has 0 aliphatic carbocycles. The highest BCUT2D eigenvalue weighted by Crippen LogP contribution is 2.20. The number of hydrogen-bond acceptors (Lipinski definition) is 4. The van der Waals surface area contributed by atoms with Gasteiger partial charge in [0.25, 0.3) is 0 Å². The molecule has 1 fully saturated rings. The van der Waals surface area contributed by atoms with Crippen LogP contribution < -0.4 is 20.7 Å². The van der Waals surface area contributed by atoms with Gasteiger partial charge in [-0.1, -0.05) is 0 Å². The lowest BCUT2D eigenvalue weighted by molar-refractivity contribution is 0.194. The van der Waals surface area contributed by atoms with Crippen molar-refractivity contribution in [1.29, 1.82) is 0 Å². The molecule has 6 heteroatoms. The third-order valence-corrected chi connectivity index (χ3v) is 3.43. The number of benzene rings is 1. The Morgan fingerprint density at radius 1 is 1.25 bits per heavy atom. The number of urea groups is 1. The molecule has 1 saturated heterocycles. The molecule has 0 atom stereocenters. The molecule has 1 aromatic rings. The summed E-state index contributed by atoms with van der Waals surface area (Å²) in [7, 11) is 1.66. The minimum Gasteiger partial charge on any atom is -0.497 e. The zero-order valence-electron chi connectivity index (χ0n) is 11.8. The fourth-order valence-corrected chi connectivity index (χ4v) is 2.25. The van der Waals surface area contributed by atoms with E-state index in [4.69, 9.17) is 10.5 Å². The Bertz CT molecular complexity index is 427. The lowest BCUT2D eigenvalue weighted by Crippen LogP contribution is -2.52. The predicted molar refractivity (Wildman–Crippen MR) is 79.2 cm³/mol. The number of carbonyl (C=O) groups is 1. The van der Waals surface area contributed by atoms with E-state index in [9.17, 15) is 4.79 Å². The summed E-state index contributed by atoms with van der Waals surface area (Å²) in [5.74, 6) is 0.855. The smallest absolute Gasteiger partial charge is 0.317 e. The van der Waals surface area contributed by atoms with E-state index >= 15 is 0 Å². The van der Waals surface area contributed by atoms with Gasteiger partial charge in [-0.3, -0.25) is 0 Å². The van der Waals surface area contributed by atoms with Gasteiger partial charge >= 0.3 is 6.03 Å². The maximum Gasteiger partial charge on any atom is 0.317 e. The quantitative estimate of drug-likeness (QED) is 0.840. The van der Waals surface area contributed by atoms with Crippen molar-refractivity contribution in [2.45, 2.75) is 0 Å². The molecule has 0 spiro atoms. The lowest BCUT2D eigenvalue weighted by atomic mass is 10.2. The molecule has 1 aliphatic rings. The van der Waals surface area contributed by atoms with Crippen molar-refractivity contribution < 1.29 is 9.53 Å². The van der Waals surface area contributed by atoms with Crippen molar-refractivity contribution in [1.82, 2.24) is 10.2 Å². The van der Waals surface area contributed by atoms with Gasteiger partial charge in [0, 0.05) is 45.0 Å². The number of nitrogens with zero attached hydrogens (tertiary/aromatic N) is 2. The zero-order valence-corrected chi connectivity index (χ0v) is 11.8. The standard InChI is InChI=1S/C14H22N4O2/c1-20-13-4-2-12(3-5-13)17-8-10-18(11-9-17)14(19)16-7-6-15/h2-5H,6-11,15H2,1H3,(H,16,19). The summed E-state index contributed by atoms with van der Waals surface area (Å²) in [6, 6.07) is 7.97. The molecule has 0 radical (unpaired) electrons. The van der Waals surface area contributed by atoms with E-state index in [2.05, 4.69) is 10.2 Å². The molecule has 6 nitrogen and oxygen atoms in total. The first-order valence-electron chi connectivity index (χ1n) is 6.86. The van der Waals surface area contributed by atoms with Gasteiger partial charge in [0.1, 0.15) is 5.75 Å². The maximum atomic E-state index is 11.8. The summed E-state index contributed by atoms with van der Waals surface area (Å²) in [6.07, 6.45) is 0. The van der Waals surface area contributed by atoms with E-state index < -0.39 is 0 Å². The van der Waals surface area contributed by atoms with Crippen LogP contribution in [0.25, 0.3) is 0 Å². The van der Waals surface area contributed by atoms with Crippen molar-refractivity contribution in [2.75, 3.05) is 51.3 Å².